The second-order valence-electron chi connectivity index (χ2n) is 8.25. The smallest absolute Gasteiger partial charge is 0.226 e. The van der Waals surface area contributed by atoms with Crippen LogP contribution in [0.1, 0.15) is 70.3 Å². The number of hydrogen-bond acceptors (Lipinski definition) is 3. The fraction of sp³-hybridized carbons (Fsp3) is 0.636. The van der Waals surface area contributed by atoms with Gasteiger partial charge in [0.25, 0.3) is 0 Å². The second kappa shape index (κ2) is 9.36. The lowest BCUT2D eigenvalue weighted by Gasteiger charge is -2.39. The van der Waals surface area contributed by atoms with Crippen LogP contribution < -0.4 is 11.1 Å². The molecule has 1 aromatic rings. The van der Waals surface area contributed by atoms with E-state index < -0.39 is 0 Å². The third-order valence-corrected chi connectivity index (χ3v) is 6.05. The molecular weight excluding hydrogens is 338 g/mol. The van der Waals surface area contributed by atoms with E-state index in [9.17, 15) is 9.59 Å². The Hall–Kier alpha value is -1.88. The first-order valence-electron chi connectivity index (χ1n) is 10.5. The van der Waals surface area contributed by atoms with Crippen molar-refractivity contribution >= 4 is 17.5 Å². The summed E-state index contributed by atoms with van der Waals surface area (Å²) < 4.78 is 0. The zero-order valence-electron chi connectivity index (χ0n) is 16.5. The Kier molecular flexibility index (Phi) is 6.89. The van der Waals surface area contributed by atoms with Gasteiger partial charge in [0.05, 0.1) is 0 Å². The molecule has 148 valence electrons. The molecule has 2 aliphatic rings. The number of nitrogens with zero attached hydrogens (tertiary/aromatic N) is 1. The molecule has 27 heavy (non-hydrogen) atoms. The number of rotatable bonds is 5. The number of carbonyl (C=O) groups is 2. The lowest BCUT2D eigenvalue weighted by molar-refractivity contribution is -0.140. The number of benzene rings is 1. The number of anilines is 1. The van der Waals surface area contributed by atoms with Gasteiger partial charge >= 0.3 is 0 Å². The van der Waals surface area contributed by atoms with Gasteiger partial charge in [0.2, 0.25) is 11.8 Å². The molecule has 0 aliphatic heterocycles. The van der Waals surface area contributed by atoms with E-state index in [4.69, 9.17) is 5.73 Å². The first-order valence-corrected chi connectivity index (χ1v) is 10.5. The van der Waals surface area contributed by atoms with Crippen LogP contribution in [-0.4, -0.2) is 28.8 Å². The maximum atomic E-state index is 13.3. The van der Waals surface area contributed by atoms with Crippen molar-refractivity contribution in [3.8, 4) is 0 Å². The lowest BCUT2D eigenvalue weighted by atomic mass is 9.85. The standard InChI is InChI=1S/C22H33N3O2/c1-16(26)24-20-11-7-17(8-12-20)15-25(21-13-9-19(23)10-14-21)22(27)18-5-3-2-4-6-18/h7-8,11-12,18-19,21H,2-6,9-10,13-15,23H2,1H3,(H,24,26). The number of nitrogens with two attached hydrogens (primary N) is 1. The highest BCUT2D eigenvalue weighted by molar-refractivity contribution is 5.88. The van der Waals surface area contributed by atoms with E-state index in [2.05, 4.69) is 10.2 Å². The molecule has 2 saturated carbocycles. The van der Waals surface area contributed by atoms with Crippen molar-refractivity contribution in [3.05, 3.63) is 29.8 Å². The molecule has 3 N–H and O–H groups in total. The highest BCUT2D eigenvalue weighted by Gasteiger charge is 2.32. The van der Waals surface area contributed by atoms with E-state index in [1.54, 1.807) is 0 Å². The fourth-order valence-corrected chi connectivity index (χ4v) is 4.48. The van der Waals surface area contributed by atoms with Crippen molar-refractivity contribution in [1.82, 2.24) is 4.90 Å². The minimum absolute atomic E-state index is 0.0737. The van der Waals surface area contributed by atoms with Gasteiger partial charge in [0.1, 0.15) is 0 Å². The summed E-state index contributed by atoms with van der Waals surface area (Å²) in [6, 6.07) is 8.44. The molecule has 5 nitrogen and oxygen atoms in total. The van der Waals surface area contributed by atoms with E-state index in [-0.39, 0.29) is 17.9 Å². The van der Waals surface area contributed by atoms with Crippen LogP contribution in [0.25, 0.3) is 0 Å². The normalized spacial score (nSPS) is 23.6. The van der Waals surface area contributed by atoms with Gasteiger partial charge in [-0.25, -0.2) is 0 Å². The maximum Gasteiger partial charge on any atom is 0.226 e. The molecule has 3 rings (SSSR count). The van der Waals surface area contributed by atoms with Gasteiger partial charge < -0.3 is 16.0 Å². The molecule has 0 spiro atoms. The van der Waals surface area contributed by atoms with E-state index in [0.717, 1.165) is 49.8 Å². The zero-order chi connectivity index (χ0) is 19.2. The zero-order valence-corrected chi connectivity index (χ0v) is 16.5. The monoisotopic (exact) mass is 371 g/mol. The summed E-state index contributed by atoms with van der Waals surface area (Å²) in [6.07, 6.45) is 9.67. The van der Waals surface area contributed by atoms with Gasteiger partial charge in [0.15, 0.2) is 0 Å². The molecular formula is C22H33N3O2. The van der Waals surface area contributed by atoms with Crippen molar-refractivity contribution in [2.24, 2.45) is 11.7 Å². The van der Waals surface area contributed by atoms with Gasteiger partial charge in [-0.1, -0.05) is 31.4 Å². The van der Waals surface area contributed by atoms with Crippen LogP contribution in [0.3, 0.4) is 0 Å². The summed E-state index contributed by atoms with van der Waals surface area (Å²) in [6.45, 7) is 2.15. The summed E-state index contributed by atoms with van der Waals surface area (Å²) in [5, 5.41) is 2.79. The van der Waals surface area contributed by atoms with Crippen molar-refractivity contribution in [1.29, 1.82) is 0 Å². The minimum atomic E-state index is -0.0737. The highest BCUT2D eigenvalue weighted by atomic mass is 16.2. The van der Waals surface area contributed by atoms with Crippen LogP contribution >= 0.6 is 0 Å². The molecule has 0 aromatic heterocycles. The Bertz CT molecular complexity index is 629. The first kappa shape index (κ1) is 19.9. The average molecular weight is 372 g/mol. The van der Waals surface area contributed by atoms with Gasteiger partial charge in [-0.3, -0.25) is 9.59 Å². The van der Waals surface area contributed by atoms with E-state index in [1.807, 2.05) is 24.3 Å². The van der Waals surface area contributed by atoms with Crippen LogP contribution in [0.4, 0.5) is 5.69 Å². The van der Waals surface area contributed by atoms with Gasteiger partial charge in [0, 0.05) is 37.2 Å². The maximum absolute atomic E-state index is 13.3. The van der Waals surface area contributed by atoms with Gasteiger partial charge in [-0.15, -0.1) is 0 Å². The van der Waals surface area contributed by atoms with E-state index >= 15 is 0 Å². The van der Waals surface area contributed by atoms with Crippen molar-refractivity contribution < 1.29 is 9.59 Å². The molecule has 0 saturated heterocycles. The molecule has 0 radical (unpaired) electrons. The molecule has 2 fully saturated rings. The molecule has 0 bridgehead atoms. The van der Waals surface area contributed by atoms with Crippen LogP contribution in [0.2, 0.25) is 0 Å². The summed E-state index contributed by atoms with van der Waals surface area (Å²) in [5.74, 6) is 0.449. The largest absolute Gasteiger partial charge is 0.335 e. The summed E-state index contributed by atoms with van der Waals surface area (Å²) >= 11 is 0. The SMILES string of the molecule is CC(=O)Nc1ccc(CN(C(=O)C2CCCCC2)C2CCC(N)CC2)cc1. The fourth-order valence-electron chi connectivity index (χ4n) is 4.48. The van der Waals surface area contributed by atoms with Crippen LogP contribution in [-0.2, 0) is 16.1 Å². The highest BCUT2D eigenvalue weighted by Crippen LogP contribution is 2.30. The third kappa shape index (κ3) is 5.55. The van der Waals surface area contributed by atoms with Crippen molar-refractivity contribution in [3.63, 3.8) is 0 Å². The van der Waals surface area contributed by atoms with Gasteiger partial charge in [-0.2, -0.15) is 0 Å². The Morgan fingerprint density at radius 1 is 1.00 bits per heavy atom. The molecule has 2 aliphatic carbocycles. The minimum Gasteiger partial charge on any atom is -0.335 e. The van der Waals surface area contributed by atoms with Crippen LogP contribution in [0, 0.1) is 5.92 Å². The number of nitrogens with one attached hydrogen (secondary N) is 1. The van der Waals surface area contributed by atoms with Gasteiger partial charge in [-0.05, 0) is 56.2 Å². The number of hydrogen-bond donors (Lipinski definition) is 2. The summed E-state index contributed by atoms with van der Waals surface area (Å²) in [5.41, 5.74) is 7.99. The third-order valence-electron chi connectivity index (χ3n) is 6.05. The Morgan fingerprint density at radius 3 is 2.22 bits per heavy atom. The molecule has 1 aromatic carbocycles. The molecule has 5 heteroatoms. The van der Waals surface area contributed by atoms with Crippen LogP contribution in [0.15, 0.2) is 24.3 Å². The predicted octanol–water partition coefficient (Wildman–Crippen LogP) is 3.82. The van der Waals surface area contributed by atoms with E-state index in [0.29, 0.717) is 18.5 Å². The predicted molar refractivity (Wildman–Crippen MR) is 108 cm³/mol. The summed E-state index contributed by atoms with van der Waals surface area (Å²) in [4.78, 5) is 26.7. The topological polar surface area (TPSA) is 75.4 Å². The first-order chi connectivity index (χ1) is 13.0. The summed E-state index contributed by atoms with van der Waals surface area (Å²) in [7, 11) is 0. The molecule has 0 unspecified atom stereocenters. The Balaban J connectivity index is 1.72. The van der Waals surface area contributed by atoms with Crippen molar-refractivity contribution in [2.45, 2.75) is 83.3 Å². The Morgan fingerprint density at radius 2 is 1.63 bits per heavy atom. The lowest BCUT2D eigenvalue weighted by Crippen LogP contribution is -2.46. The Labute approximate surface area is 162 Å². The van der Waals surface area contributed by atoms with Crippen LogP contribution in [0.5, 0.6) is 0 Å². The molecule has 0 heterocycles. The number of carbonyl (C=O) groups excluding carboxylic acids is 2. The number of amides is 2. The average Bonchev–Trinajstić information content (AvgIpc) is 2.68. The van der Waals surface area contributed by atoms with Crippen molar-refractivity contribution in [2.75, 3.05) is 5.32 Å². The van der Waals surface area contributed by atoms with E-state index in [1.165, 1.54) is 26.2 Å². The second-order valence-corrected chi connectivity index (χ2v) is 8.25. The molecule has 2 amide bonds. The quantitative estimate of drug-likeness (QED) is 0.826. The molecule has 0 atom stereocenters.